The van der Waals surface area contributed by atoms with E-state index in [2.05, 4.69) is 23.3 Å². The lowest BCUT2D eigenvalue weighted by molar-refractivity contribution is 0.972. The standard InChI is InChI=1S/C14H15Cl2N3/c1-2-9-4-3-5-18-13(9)8-19-14-11(15)6-10(17)7-12(14)16/h3-7,19H,2,8,17H2,1H3. The summed E-state index contributed by atoms with van der Waals surface area (Å²) < 4.78 is 0. The molecule has 1 aromatic carbocycles. The van der Waals surface area contributed by atoms with E-state index in [9.17, 15) is 0 Å². The molecule has 3 nitrogen and oxygen atoms in total. The van der Waals surface area contributed by atoms with Crippen LogP contribution >= 0.6 is 23.2 Å². The van der Waals surface area contributed by atoms with Gasteiger partial charge in [-0.25, -0.2) is 0 Å². The second-order valence-electron chi connectivity index (χ2n) is 4.18. The summed E-state index contributed by atoms with van der Waals surface area (Å²) in [5.41, 5.74) is 9.11. The van der Waals surface area contributed by atoms with Crippen LogP contribution in [0, 0.1) is 0 Å². The van der Waals surface area contributed by atoms with Crippen molar-refractivity contribution in [3.05, 3.63) is 51.8 Å². The molecule has 0 atom stereocenters. The number of aryl methyl sites for hydroxylation is 1. The van der Waals surface area contributed by atoms with Crippen molar-refractivity contribution in [3.63, 3.8) is 0 Å². The van der Waals surface area contributed by atoms with Crippen LogP contribution in [0.2, 0.25) is 10.0 Å². The fourth-order valence-corrected chi connectivity index (χ4v) is 2.52. The summed E-state index contributed by atoms with van der Waals surface area (Å²) in [6.45, 7) is 2.68. The zero-order valence-corrected chi connectivity index (χ0v) is 12.1. The van der Waals surface area contributed by atoms with Crippen molar-refractivity contribution in [1.29, 1.82) is 0 Å². The lowest BCUT2D eigenvalue weighted by Crippen LogP contribution is -2.06. The van der Waals surface area contributed by atoms with Crippen LogP contribution in [-0.4, -0.2) is 4.98 Å². The molecule has 0 bridgehead atoms. The van der Waals surface area contributed by atoms with Gasteiger partial charge in [-0.2, -0.15) is 0 Å². The molecule has 19 heavy (non-hydrogen) atoms. The predicted octanol–water partition coefficient (Wildman–Crippen LogP) is 4.15. The Labute approximate surface area is 122 Å². The first-order valence-electron chi connectivity index (χ1n) is 6.03. The number of nitrogen functional groups attached to an aromatic ring is 1. The Morgan fingerprint density at radius 2 is 1.95 bits per heavy atom. The number of pyridine rings is 1. The molecule has 100 valence electrons. The highest BCUT2D eigenvalue weighted by Crippen LogP contribution is 2.33. The van der Waals surface area contributed by atoms with E-state index < -0.39 is 0 Å². The number of rotatable bonds is 4. The highest BCUT2D eigenvalue weighted by atomic mass is 35.5. The molecule has 0 amide bonds. The molecule has 0 unspecified atom stereocenters. The first kappa shape index (κ1) is 14.0. The summed E-state index contributed by atoms with van der Waals surface area (Å²) in [4.78, 5) is 4.37. The van der Waals surface area contributed by atoms with Crippen molar-refractivity contribution < 1.29 is 0 Å². The average Bonchev–Trinajstić information content (AvgIpc) is 2.38. The van der Waals surface area contributed by atoms with Crippen LogP contribution in [0.3, 0.4) is 0 Å². The van der Waals surface area contributed by atoms with Crippen LogP contribution in [0.5, 0.6) is 0 Å². The Morgan fingerprint density at radius 3 is 2.58 bits per heavy atom. The number of benzene rings is 1. The fourth-order valence-electron chi connectivity index (χ4n) is 1.89. The van der Waals surface area contributed by atoms with Crippen LogP contribution in [0.15, 0.2) is 30.5 Å². The monoisotopic (exact) mass is 295 g/mol. The van der Waals surface area contributed by atoms with Gasteiger partial charge < -0.3 is 11.1 Å². The van der Waals surface area contributed by atoms with Gasteiger partial charge in [0.25, 0.3) is 0 Å². The molecule has 0 aliphatic heterocycles. The maximum atomic E-state index is 6.13. The zero-order valence-electron chi connectivity index (χ0n) is 10.6. The number of hydrogen-bond donors (Lipinski definition) is 2. The Balaban J connectivity index is 2.19. The Morgan fingerprint density at radius 1 is 1.26 bits per heavy atom. The van der Waals surface area contributed by atoms with Crippen LogP contribution in [-0.2, 0) is 13.0 Å². The van der Waals surface area contributed by atoms with E-state index in [0.29, 0.717) is 28.0 Å². The number of nitrogens with zero attached hydrogens (tertiary/aromatic N) is 1. The summed E-state index contributed by atoms with van der Waals surface area (Å²) in [6, 6.07) is 7.35. The second kappa shape index (κ2) is 6.13. The first-order chi connectivity index (χ1) is 9.11. The van der Waals surface area contributed by atoms with Gasteiger partial charge >= 0.3 is 0 Å². The van der Waals surface area contributed by atoms with Gasteiger partial charge in [0.2, 0.25) is 0 Å². The van der Waals surface area contributed by atoms with Gasteiger partial charge in [0.05, 0.1) is 28.0 Å². The highest BCUT2D eigenvalue weighted by molar-refractivity contribution is 6.39. The van der Waals surface area contributed by atoms with Crippen LogP contribution < -0.4 is 11.1 Å². The molecule has 0 radical (unpaired) electrons. The largest absolute Gasteiger partial charge is 0.399 e. The van der Waals surface area contributed by atoms with Crippen LogP contribution in [0.4, 0.5) is 11.4 Å². The molecule has 5 heteroatoms. The van der Waals surface area contributed by atoms with Gasteiger partial charge in [-0.15, -0.1) is 0 Å². The minimum absolute atomic E-state index is 0.513. The van der Waals surface area contributed by atoms with E-state index in [1.165, 1.54) is 5.56 Å². The molecule has 0 aliphatic carbocycles. The third kappa shape index (κ3) is 3.31. The molecule has 2 aromatic rings. The van der Waals surface area contributed by atoms with Gasteiger partial charge in [-0.3, -0.25) is 4.98 Å². The van der Waals surface area contributed by atoms with E-state index in [1.54, 1.807) is 18.3 Å². The molecule has 2 rings (SSSR count). The maximum Gasteiger partial charge on any atom is 0.0723 e. The van der Waals surface area contributed by atoms with Crippen molar-refractivity contribution in [1.82, 2.24) is 4.98 Å². The van der Waals surface area contributed by atoms with Crippen molar-refractivity contribution >= 4 is 34.6 Å². The Hall–Kier alpha value is -1.45. The van der Waals surface area contributed by atoms with E-state index in [0.717, 1.165) is 12.1 Å². The molecule has 0 spiro atoms. The molecule has 1 aromatic heterocycles. The van der Waals surface area contributed by atoms with Crippen LogP contribution in [0.25, 0.3) is 0 Å². The molecule has 0 saturated heterocycles. The summed E-state index contributed by atoms with van der Waals surface area (Å²) in [6.07, 6.45) is 2.72. The molecular formula is C14H15Cl2N3. The van der Waals surface area contributed by atoms with E-state index in [4.69, 9.17) is 28.9 Å². The fraction of sp³-hybridized carbons (Fsp3) is 0.214. The van der Waals surface area contributed by atoms with E-state index in [1.807, 2.05) is 6.07 Å². The minimum Gasteiger partial charge on any atom is -0.399 e. The second-order valence-corrected chi connectivity index (χ2v) is 4.99. The molecule has 3 N–H and O–H groups in total. The number of halogens is 2. The normalized spacial score (nSPS) is 10.5. The number of nitrogens with two attached hydrogens (primary N) is 1. The van der Waals surface area contributed by atoms with Crippen molar-refractivity contribution in [3.8, 4) is 0 Å². The third-order valence-electron chi connectivity index (χ3n) is 2.86. The molecule has 0 fully saturated rings. The minimum atomic E-state index is 0.513. The summed E-state index contributed by atoms with van der Waals surface area (Å²) in [5.74, 6) is 0. The lowest BCUT2D eigenvalue weighted by Gasteiger charge is -2.12. The maximum absolute atomic E-state index is 6.13. The Bertz CT molecular complexity index is 562. The zero-order chi connectivity index (χ0) is 13.8. The van der Waals surface area contributed by atoms with Crippen molar-refractivity contribution in [2.45, 2.75) is 19.9 Å². The van der Waals surface area contributed by atoms with Gasteiger partial charge in [0.1, 0.15) is 0 Å². The average molecular weight is 296 g/mol. The van der Waals surface area contributed by atoms with E-state index in [-0.39, 0.29) is 0 Å². The van der Waals surface area contributed by atoms with Gasteiger partial charge in [0.15, 0.2) is 0 Å². The topological polar surface area (TPSA) is 50.9 Å². The number of anilines is 2. The molecular weight excluding hydrogens is 281 g/mol. The molecule has 0 saturated carbocycles. The van der Waals surface area contributed by atoms with Crippen molar-refractivity contribution in [2.75, 3.05) is 11.1 Å². The van der Waals surface area contributed by atoms with Gasteiger partial charge in [0, 0.05) is 11.9 Å². The Kier molecular flexibility index (Phi) is 4.51. The smallest absolute Gasteiger partial charge is 0.0723 e. The van der Waals surface area contributed by atoms with Crippen molar-refractivity contribution in [2.24, 2.45) is 0 Å². The lowest BCUT2D eigenvalue weighted by atomic mass is 10.1. The first-order valence-corrected chi connectivity index (χ1v) is 6.78. The quantitative estimate of drug-likeness (QED) is 0.833. The highest BCUT2D eigenvalue weighted by Gasteiger charge is 2.08. The molecule has 1 heterocycles. The number of aromatic nitrogens is 1. The van der Waals surface area contributed by atoms with Gasteiger partial charge in [-0.1, -0.05) is 36.2 Å². The number of hydrogen-bond acceptors (Lipinski definition) is 3. The predicted molar refractivity (Wildman–Crippen MR) is 81.8 cm³/mol. The molecule has 0 aliphatic rings. The summed E-state index contributed by atoms with van der Waals surface area (Å²) >= 11 is 12.3. The third-order valence-corrected chi connectivity index (χ3v) is 3.46. The number of nitrogens with one attached hydrogen (secondary N) is 1. The SMILES string of the molecule is CCc1cccnc1CNc1c(Cl)cc(N)cc1Cl. The summed E-state index contributed by atoms with van der Waals surface area (Å²) in [7, 11) is 0. The van der Waals surface area contributed by atoms with E-state index >= 15 is 0 Å². The summed E-state index contributed by atoms with van der Waals surface area (Å²) in [5, 5.41) is 4.24. The van der Waals surface area contributed by atoms with Crippen LogP contribution in [0.1, 0.15) is 18.2 Å². The van der Waals surface area contributed by atoms with Gasteiger partial charge in [-0.05, 0) is 30.2 Å².